The fraction of sp³-hybridized carbons (Fsp3) is 0.222. The van der Waals surface area contributed by atoms with Gasteiger partial charge in [0, 0.05) is 24.9 Å². The van der Waals surface area contributed by atoms with E-state index < -0.39 is 11.8 Å². The first-order chi connectivity index (χ1) is 13.9. The van der Waals surface area contributed by atoms with Crippen molar-refractivity contribution in [1.82, 2.24) is 29.8 Å². The minimum Gasteiger partial charge on any atom is -0.472 e. The van der Waals surface area contributed by atoms with Crippen LogP contribution in [0.25, 0.3) is 5.95 Å². The third kappa shape index (κ3) is 4.65. The molecule has 2 heterocycles. The Morgan fingerprint density at radius 3 is 2.76 bits per heavy atom. The van der Waals surface area contributed by atoms with Crippen LogP contribution in [0.15, 0.2) is 59.7 Å². The molecular formula is C18H21FN8O2. The smallest absolute Gasteiger partial charge is 0.352 e. The molecule has 1 aliphatic carbocycles. The molecule has 0 radical (unpaired) electrons. The number of urea groups is 1. The maximum absolute atomic E-state index is 13.0. The van der Waals surface area contributed by atoms with Crippen molar-refractivity contribution in [2.45, 2.75) is 13.3 Å². The van der Waals surface area contributed by atoms with Gasteiger partial charge in [-0.1, -0.05) is 18.2 Å². The Morgan fingerprint density at radius 2 is 2.07 bits per heavy atom. The Kier molecular flexibility index (Phi) is 6.00. The lowest BCUT2D eigenvalue weighted by Crippen LogP contribution is -2.48. The largest absolute Gasteiger partial charge is 0.472 e. The summed E-state index contributed by atoms with van der Waals surface area (Å²) in [6.45, 7) is 2.00. The van der Waals surface area contributed by atoms with Crippen molar-refractivity contribution in [2.24, 2.45) is 11.7 Å². The molecular weight excluding hydrogens is 379 g/mol. The van der Waals surface area contributed by atoms with E-state index in [4.69, 9.17) is 16.4 Å². The molecule has 10 nitrogen and oxygen atoms in total. The summed E-state index contributed by atoms with van der Waals surface area (Å²) in [7, 11) is 1.41. The molecule has 0 unspecified atom stereocenters. The molecule has 0 spiro atoms. The molecule has 0 aliphatic heterocycles. The van der Waals surface area contributed by atoms with Crippen molar-refractivity contribution in [3.8, 4) is 11.8 Å². The van der Waals surface area contributed by atoms with Gasteiger partial charge < -0.3 is 4.74 Å². The average molecular weight is 400 g/mol. The number of hydrogen-bond donors (Lipinski definition) is 2. The molecule has 2 amide bonds. The van der Waals surface area contributed by atoms with E-state index in [0.717, 1.165) is 28.0 Å². The summed E-state index contributed by atoms with van der Waals surface area (Å²) in [5, 5.41) is 6.11. The number of allylic oxidation sites excluding steroid dienone is 4. The van der Waals surface area contributed by atoms with E-state index in [1.807, 2.05) is 25.2 Å². The molecule has 1 aliphatic rings. The molecule has 152 valence electrons. The zero-order chi connectivity index (χ0) is 21.0. The van der Waals surface area contributed by atoms with Crippen LogP contribution in [0.4, 0.5) is 9.18 Å². The number of aromatic nitrogens is 4. The SMILES string of the molecule is CC1=C(COc2ccn(-c3ncc(F)cn3)n2)C(N(N)C(=O)N(C)N)=CCC=C1. The molecule has 0 fully saturated rings. The molecule has 29 heavy (non-hydrogen) atoms. The zero-order valence-corrected chi connectivity index (χ0v) is 16.0. The van der Waals surface area contributed by atoms with Gasteiger partial charge in [-0.2, -0.15) is 0 Å². The third-order valence-corrected chi connectivity index (χ3v) is 4.11. The predicted molar refractivity (Wildman–Crippen MR) is 103 cm³/mol. The first-order valence-corrected chi connectivity index (χ1v) is 8.67. The van der Waals surface area contributed by atoms with Gasteiger partial charge in [0.1, 0.15) is 6.61 Å². The van der Waals surface area contributed by atoms with E-state index in [1.54, 1.807) is 12.3 Å². The molecule has 4 N–H and O–H groups in total. The quantitative estimate of drug-likeness (QED) is 0.441. The number of halogens is 1. The monoisotopic (exact) mass is 400 g/mol. The van der Waals surface area contributed by atoms with E-state index in [1.165, 1.54) is 11.7 Å². The number of carbonyl (C=O) groups excluding carboxylic acids is 1. The van der Waals surface area contributed by atoms with Crippen molar-refractivity contribution in [3.05, 3.63) is 65.5 Å². The number of carbonyl (C=O) groups is 1. The average Bonchev–Trinajstić information content (AvgIpc) is 3.09. The van der Waals surface area contributed by atoms with Gasteiger partial charge in [-0.15, -0.1) is 5.10 Å². The summed E-state index contributed by atoms with van der Waals surface area (Å²) >= 11 is 0. The van der Waals surface area contributed by atoms with Gasteiger partial charge in [0.25, 0.3) is 5.95 Å². The number of hydrazine groups is 2. The first kappa shape index (κ1) is 20.2. The fourth-order valence-corrected chi connectivity index (χ4v) is 2.62. The van der Waals surface area contributed by atoms with Crippen molar-refractivity contribution >= 4 is 6.03 Å². The van der Waals surface area contributed by atoms with Crippen LogP contribution < -0.4 is 16.4 Å². The molecule has 0 aromatic carbocycles. The topological polar surface area (TPSA) is 128 Å². The molecule has 3 rings (SSSR count). The van der Waals surface area contributed by atoms with Crippen molar-refractivity contribution < 1.29 is 13.9 Å². The molecule has 2 aromatic heterocycles. The maximum Gasteiger partial charge on any atom is 0.352 e. The third-order valence-electron chi connectivity index (χ3n) is 4.11. The van der Waals surface area contributed by atoms with Gasteiger partial charge in [0.2, 0.25) is 5.88 Å². The molecule has 2 aromatic rings. The van der Waals surface area contributed by atoms with Crippen LogP contribution in [-0.4, -0.2) is 49.5 Å². The molecule has 0 saturated heterocycles. The second-order valence-electron chi connectivity index (χ2n) is 6.24. The van der Waals surface area contributed by atoms with Gasteiger partial charge in [-0.25, -0.2) is 40.5 Å². The second-order valence-corrected chi connectivity index (χ2v) is 6.24. The summed E-state index contributed by atoms with van der Waals surface area (Å²) in [5.41, 5.74) is 2.10. The lowest BCUT2D eigenvalue weighted by atomic mass is 10.1. The summed E-state index contributed by atoms with van der Waals surface area (Å²) in [5.74, 6) is 11.5. The fourth-order valence-electron chi connectivity index (χ4n) is 2.62. The normalized spacial score (nSPS) is 13.8. The summed E-state index contributed by atoms with van der Waals surface area (Å²) < 4.78 is 20.1. The van der Waals surface area contributed by atoms with Crippen molar-refractivity contribution in [2.75, 3.05) is 13.7 Å². The molecule has 11 heteroatoms. The Bertz CT molecular complexity index is 978. The Morgan fingerprint density at radius 1 is 1.34 bits per heavy atom. The highest BCUT2D eigenvalue weighted by Crippen LogP contribution is 2.23. The lowest BCUT2D eigenvalue weighted by Gasteiger charge is -2.25. The number of nitrogens with zero attached hydrogens (tertiary/aromatic N) is 6. The zero-order valence-electron chi connectivity index (χ0n) is 16.0. The summed E-state index contributed by atoms with van der Waals surface area (Å²) in [6.07, 6.45) is 9.99. The highest BCUT2D eigenvalue weighted by molar-refractivity contribution is 5.76. The number of rotatable bonds is 5. The molecule has 0 atom stereocenters. The number of ether oxygens (including phenoxy) is 1. The van der Waals surface area contributed by atoms with E-state index >= 15 is 0 Å². The number of nitrogens with two attached hydrogens (primary N) is 2. The highest BCUT2D eigenvalue weighted by atomic mass is 19.1. The van der Waals surface area contributed by atoms with Crippen molar-refractivity contribution in [3.63, 3.8) is 0 Å². The van der Waals surface area contributed by atoms with E-state index in [-0.39, 0.29) is 12.6 Å². The van der Waals surface area contributed by atoms with E-state index in [9.17, 15) is 9.18 Å². The molecule has 0 saturated carbocycles. The van der Waals surface area contributed by atoms with Crippen LogP contribution in [0.1, 0.15) is 13.3 Å². The van der Waals surface area contributed by atoms with Crippen LogP contribution in [0.3, 0.4) is 0 Å². The maximum atomic E-state index is 13.0. The lowest BCUT2D eigenvalue weighted by molar-refractivity contribution is 0.177. The van der Waals surface area contributed by atoms with Crippen LogP contribution in [0.5, 0.6) is 5.88 Å². The van der Waals surface area contributed by atoms with Gasteiger partial charge >= 0.3 is 6.03 Å². The summed E-state index contributed by atoms with van der Waals surface area (Å²) in [6, 6.07) is 1.05. The van der Waals surface area contributed by atoms with Gasteiger partial charge in [-0.05, 0) is 18.9 Å². The highest BCUT2D eigenvalue weighted by Gasteiger charge is 2.22. The Balaban J connectivity index is 1.77. The van der Waals surface area contributed by atoms with Crippen LogP contribution >= 0.6 is 0 Å². The second kappa shape index (κ2) is 8.63. The van der Waals surface area contributed by atoms with Crippen molar-refractivity contribution in [1.29, 1.82) is 0 Å². The predicted octanol–water partition coefficient (Wildman–Crippen LogP) is 1.44. The van der Waals surface area contributed by atoms with Gasteiger partial charge in [0.05, 0.1) is 18.1 Å². The molecule has 0 bridgehead atoms. The number of amides is 2. The van der Waals surface area contributed by atoms with E-state index in [0.29, 0.717) is 23.6 Å². The number of hydrogen-bond acceptors (Lipinski definition) is 7. The summed E-state index contributed by atoms with van der Waals surface area (Å²) in [4.78, 5) is 19.9. The minimum absolute atomic E-state index is 0.110. The van der Waals surface area contributed by atoms with Gasteiger partial charge in [-0.3, -0.25) is 5.01 Å². The minimum atomic E-state index is -0.568. The van der Waals surface area contributed by atoms with Crippen LogP contribution in [0, 0.1) is 5.82 Å². The first-order valence-electron chi connectivity index (χ1n) is 8.67. The standard InChI is InChI=1S/C18H21FN8O2/c1-12-5-3-4-6-15(27(21)18(28)25(2)20)14(12)11-29-16-7-8-26(24-16)17-22-9-13(19)10-23-17/h3,5-10H,4,11,20-21H2,1-2H3. The Hall–Kier alpha value is -3.57. The van der Waals surface area contributed by atoms with Crippen LogP contribution in [0.2, 0.25) is 0 Å². The Labute approximate surface area is 166 Å². The van der Waals surface area contributed by atoms with E-state index in [2.05, 4.69) is 15.1 Å². The van der Waals surface area contributed by atoms with Gasteiger partial charge in [0.15, 0.2) is 5.82 Å². The van der Waals surface area contributed by atoms with Crippen LogP contribution in [-0.2, 0) is 0 Å².